The molecule has 5 rings (SSSR count). The Morgan fingerprint density at radius 2 is 1.81 bits per heavy atom. The van der Waals surface area contributed by atoms with Gasteiger partial charge in [0.15, 0.2) is 11.5 Å². The van der Waals surface area contributed by atoms with Gasteiger partial charge >= 0.3 is 0 Å². The zero-order chi connectivity index (χ0) is 22.4. The summed E-state index contributed by atoms with van der Waals surface area (Å²) in [7, 11) is 3.01. The van der Waals surface area contributed by atoms with Crippen LogP contribution >= 0.6 is 23.2 Å². The highest BCUT2D eigenvalue weighted by Gasteiger charge is 2.23. The van der Waals surface area contributed by atoms with Gasteiger partial charge in [-0.2, -0.15) is 5.10 Å². The lowest BCUT2D eigenvalue weighted by molar-refractivity contribution is 0.0946. The van der Waals surface area contributed by atoms with Crippen LogP contribution in [0.2, 0.25) is 10.0 Å². The molecule has 32 heavy (non-hydrogen) atoms. The molecule has 0 radical (unpaired) electrons. The van der Waals surface area contributed by atoms with Crippen molar-refractivity contribution < 1.29 is 14.3 Å². The Labute approximate surface area is 192 Å². The molecular weight excluding hydrogens is 453 g/mol. The van der Waals surface area contributed by atoms with Crippen molar-refractivity contribution in [3.8, 4) is 34.1 Å². The van der Waals surface area contributed by atoms with E-state index in [1.165, 1.54) is 14.2 Å². The highest BCUT2D eigenvalue weighted by molar-refractivity contribution is 6.40. The molecule has 0 saturated carbocycles. The number of ether oxygens (including phenoxy) is 2. The van der Waals surface area contributed by atoms with Crippen LogP contribution in [0.4, 0.5) is 0 Å². The Bertz CT molecular complexity index is 1360. The number of amides is 1. The number of aromatic nitrogens is 4. The summed E-state index contributed by atoms with van der Waals surface area (Å²) < 4.78 is 10.7. The minimum atomic E-state index is -0.0554. The van der Waals surface area contributed by atoms with Gasteiger partial charge in [0.25, 0.3) is 5.91 Å². The van der Waals surface area contributed by atoms with Gasteiger partial charge in [0, 0.05) is 29.9 Å². The average molecular weight is 470 g/mol. The molecule has 1 aliphatic heterocycles. The number of halogens is 2. The fraction of sp³-hybridized carbons (Fsp3) is 0.182. The molecule has 0 bridgehead atoms. The normalized spacial score (nSPS) is 13.1. The molecule has 2 aromatic heterocycles. The molecule has 1 amide bonds. The van der Waals surface area contributed by atoms with E-state index in [0.29, 0.717) is 46.3 Å². The second-order valence-corrected chi connectivity index (χ2v) is 7.95. The smallest absolute Gasteiger partial charge is 0.251 e. The third-order valence-electron chi connectivity index (χ3n) is 5.42. The van der Waals surface area contributed by atoms with Crippen LogP contribution in [0.15, 0.2) is 30.5 Å². The molecule has 10 heteroatoms. The van der Waals surface area contributed by atoms with Gasteiger partial charge in [-0.1, -0.05) is 29.3 Å². The summed E-state index contributed by atoms with van der Waals surface area (Å²) in [6, 6.07) is 7.28. The summed E-state index contributed by atoms with van der Waals surface area (Å²) >= 11 is 13.0. The van der Waals surface area contributed by atoms with Gasteiger partial charge in [0.2, 0.25) is 0 Å². The lowest BCUT2D eigenvalue weighted by Crippen LogP contribution is -2.31. The first kappa shape index (κ1) is 20.5. The van der Waals surface area contributed by atoms with Crippen LogP contribution in [0.3, 0.4) is 0 Å². The van der Waals surface area contributed by atoms with E-state index in [-0.39, 0.29) is 16.0 Å². The second kappa shape index (κ2) is 7.96. The third-order valence-corrected chi connectivity index (χ3v) is 6.17. The molecule has 2 N–H and O–H groups in total. The number of hydrogen-bond acceptors (Lipinski definition) is 6. The Morgan fingerprint density at radius 1 is 1.06 bits per heavy atom. The number of hydrogen-bond donors (Lipinski definition) is 2. The zero-order valence-corrected chi connectivity index (χ0v) is 18.6. The summed E-state index contributed by atoms with van der Waals surface area (Å²) in [5, 5.41) is 11.5. The van der Waals surface area contributed by atoms with E-state index in [9.17, 15) is 4.79 Å². The van der Waals surface area contributed by atoms with Crippen LogP contribution in [0, 0.1) is 0 Å². The van der Waals surface area contributed by atoms with Crippen LogP contribution in [0.5, 0.6) is 11.5 Å². The topological polar surface area (TPSA) is 102 Å². The van der Waals surface area contributed by atoms with Crippen molar-refractivity contribution in [2.75, 3.05) is 20.8 Å². The first-order valence-electron chi connectivity index (χ1n) is 9.74. The zero-order valence-electron chi connectivity index (χ0n) is 17.1. The molecular formula is C22H17Cl2N5O3. The minimum Gasteiger partial charge on any atom is -0.495 e. The number of methoxy groups -OCH3 is 2. The standard InChI is InChI=1S/C22H17Cl2N5O3/c1-31-14-8-15(32-2)18(24)16(17(14)23)21-26-9-13-19(28-29-20(13)27-21)11-3-4-12-10(7-11)5-6-25-22(12)30/h3-4,7-9H,5-6H2,1-2H3,(H,25,30)(H,26,27,28,29). The summed E-state index contributed by atoms with van der Waals surface area (Å²) in [4.78, 5) is 21.1. The van der Waals surface area contributed by atoms with Gasteiger partial charge in [-0.05, 0) is 24.1 Å². The van der Waals surface area contributed by atoms with Gasteiger partial charge in [0.05, 0.1) is 35.2 Å². The van der Waals surface area contributed by atoms with Crippen molar-refractivity contribution in [1.29, 1.82) is 0 Å². The fourth-order valence-corrected chi connectivity index (χ4v) is 4.48. The van der Waals surface area contributed by atoms with Crippen LogP contribution < -0.4 is 14.8 Å². The number of benzene rings is 2. The first-order chi connectivity index (χ1) is 15.5. The van der Waals surface area contributed by atoms with Crippen molar-refractivity contribution in [3.63, 3.8) is 0 Å². The molecule has 0 unspecified atom stereocenters. The summed E-state index contributed by atoms with van der Waals surface area (Å²) in [6.07, 6.45) is 2.44. The molecule has 0 spiro atoms. The van der Waals surface area contributed by atoms with Crippen LogP contribution in [-0.4, -0.2) is 46.8 Å². The van der Waals surface area contributed by atoms with E-state index in [4.69, 9.17) is 32.7 Å². The molecule has 3 heterocycles. The highest BCUT2D eigenvalue weighted by Crippen LogP contribution is 2.45. The van der Waals surface area contributed by atoms with E-state index in [1.807, 2.05) is 18.2 Å². The lowest BCUT2D eigenvalue weighted by atomic mass is 9.96. The van der Waals surface area contributed by atoms with Crippen molar-refractivity contribution in [2.24, 2.45) is 0 Å². The predicted molar refractivity (Wildman–Crippen MR) is 122 cm³/mol. The monoisotopic (exact) mass is 469 g/mol. The number of nitrogens with one attached hydrogen (secondary N) is 2. The van der Waals surface area contributed by atoms with E-state index in [1.54, 1.807) is 12.3 Å². The summed E-state index contributed by atoms with van der Waals surface area (Å²) in [5.41, 5.74) is 4.18. The van der Waals surface area contributed by atoms with E-state index in [0.717, 1.165) is 22.9 Å². The fourth-order valence-electron chi connectivity index (χ4n) is 3.81. The maximum atomic E-state index is 12.0. The van der Waals surface area contributed by atoms with Crippen LogP contribution in [0.25, 0.3) is 33.7 Å². The van der Waals surface area contributed by atoms with E-state index in [2.05, 4.69) is 25.5 Å². The van der Waals surface area contributed by atoms with Crippen molar-refractivity contribution in [2.45, 2.75) is 6.42 Å². The van der Waals surface area contributed by atoms with Crippen LogP contribution in [-0.2, 0) is 6.42 Å². The van der Waals surface area contributed by atoms with Gasteiger partial charge in [-0.15, -0.1) is 0 Å². The molecule has 0 fully saturated rings. The number of fused-ring (bicyclic) bond motifs is 2. The third kappa shape index (κ3) is 3.23. The van der Waals surface area contributed by atoms with Gasteiger partial charge in [-0.3, -0.25) is 9.89 Å². The van der Waals surface area contributed by atoms with Gasteiger partial charge in [0.1, 0.15) is 17.2 Å². The molecule has 8 nitrogen and oxygen atoms in total. The number of aromatic amines is 1. The molecule has 2 aromatic carbocycles. The average Bonchev–Trinajstić information content (AvgIpc) is 3.23. The number of carbonyl (C=O) groups excluding carboxylic acids is 1. The molecule has 0 saturated heterocycles. The Balaban J connectivity index is 1.61. The largest absolute Gasteiger partial charge is 0.495 e. The number of rotatable bonds is 4. The van der Waals surface area contributed by atoms with E-state index >= 15 is 0 Å². The SMILES string of the molecule is COc1cc(OC)c(Cl)c(-c2ncc3c(-c4ccc5c(c4)CCNC5=O)n[nH]c3n2)c1Cl. The Hall–Kier alpha value is -3.36. The molecule has 0 atom stereocenters. The lowest BCUT2D eigenvalue weighted by Gasteiger charge is -2.16. The Morgan fingerprint density at radius 3 is 2.53 bits per heavy atom. The van der Waals surface area contributed by atoms with Crippen LogP contribution in [0.1, 0.15) is 15.9 Å². The summed E-state index contributed by atoms with van der Waals surface area (Å²) in [5.74, 6) is 1.05. The molecule has 0 aliphatic carbocycles. The van der Waals surface area contributed by atoms with Crippen molar-refractivity contribution >= 4 is 40.1 Å². The number of carbonyl (C=O) groups is 1. The van der Waals surface area contributed by atoms with Gasteiger partial charge in [-0.25, -0.2) is 9.97 Å². The molecule has 1 aliphatic rings. The van der Waals surface area contributed by atoms with Crippen molar-refractivity contribution in [1.82, 2.24) is 25.5 Å². The second-order valence-electron chi connectivity index (χ2n) is 7.19. The maximum Gasteiger partial charge on any atom is 0.251 e. The first-order valence-corrected chi connectivity index (χ1v) is 10.5. The molecule has 4 aromatic rings. The number of nitrogens with zero attached hydrogens (tertiary/aromatic N) is 3. The highest BCUT2D eigenvalue weighted by atomic mass is 35.5. The summed E-state index contributed by atoms with van der Waals surface area (Å²) in [6.45, 7) is 0.620. The number of H-pyrrole nitrogens is 1. The molecule has 162 valence electrons. The van der Waals surface area contributed by atoms with E-state index < -0.39 is 0 Å². The van der Waals surface area contributed by atoms with Gasteiger partial charge < -0.3 is 14.8 Å². The maximum absolute atomic E-state index is 12.0. The Kier molecular flexibility index (Phi) is 5.11. The predicted octanol–water partition coefficient (Wildman–Crippen LogP) is 4.30. The quantitative estimate of drug-likeness (QED) is 0.461. The van der Waals surface area contributed by atoms with Crippen molar-refractivity contribution in [3.05, 3.63) is 51.6 Å². The minimum absolute atomic E-state index is 0.0554.